The van der Waals surface area contributed by atoms with Crippen molar-refractivity contribution in [1.29, 1.82) is 21.2 Å². The van der Waals surface area contributed by atoms with Gasteiger partial charge in [-0.05, 0) is 53.2 Å². The van der Waals surface area contributed by atoms with E-state index in [1.54, 1.807) is 0 Å². The zero-order valence-electron chi connectivity index (χ0n) is 17.7. The van der Waals surface area contributed by atoms with Crippen LogP contribution in [0.3, 0.4) is 0 Å². The summed E-state index contributed by atoms with van der Waals surface area (Å²) in [7, 11) is 0. The number of allylic oxidation sites excluding steroid dienone is 2. The first-order valence-electron chi connectivity index (χ1n) is 10.3. The number of fused-ring (bicyclic) bond motifs is 1. The van der Waals surface area contributed by atoms with Gasteiger partial charge in [0.1, 0.15) is 0 Å². The van der Waals surface area contributed by atoms with Crippen molar-refractivity contribution in [1.82, 2.24) is 0 Å². The molecule has 1 aromatic carbocycles. The van der Waals surface area contributed by atoms with E-state index in [0.717, 1.165) is 30.4 Å². The van der Waals surface area contributed by atoms with Crippen LogP contribution in [-0.4, -0.2) is 5.71 Å². The minimum absolute atomic E-state index is 0.0636. The second kappa shape index (κ2) is 7.50. The average molecular weight is 385 g/mol. The van der Waals surface area contributed by atoms with E-state index >= 15 is 0 Å². The highest BCUT2D eigenvalue weighted by Gasteiger charge is 2.57. The molecule has 1 fully saturated rings. The Morgan fingerprint density at radius 2 is 1.72 bits per heavy atom. The summed E-state index contributed by atoms with van der Waals surface area (Å²) in [4.78, 5) is 0. The van der Waals surface area contributed by atoms with E-state index in [1.807, 2.05) is 6.08 Å². The number of nitrogens with one attached hydrogen (secondary N) is 1. The summed E-state index contributed by atoms with van der Waals surface area (Å²) < 4.78 is 0. The van der Waals surface area contributed by atoms with Crippen molar-refractivity contribution in [2.75, 3.05) is 0 Å². The second-order valence-corrected chi connectivity index (χ2v) is 9.42. The van der Waals surface area contributed by atoms with Crippen LogP contribution in [0.4, 0.5) is 0 Å². The molecular formula is C25H28N4. The molecule has 4 heteroatoms. The lowest BCUT2D eigenvalue weighted by atomic mass is 9.52. The number of nitriles is 3. The molecule has 0 amide bonds. The van der Waals surface area contributed by atoms with E-state index in [4.69, 9.17) is 5.41 Å². The molecule has 2 aliphatic rings. The summed E-state index contributed by atoms with van der Waals surface area (Å²) in [5.74, 6) is -0.666. The van der Waals surface area contributed by atoms with Gasteiger partial charge in [0.05, 0.1) is 29.8 Å². The summed E-state index contributed by atoms with van der Waals surface area (Å²) in [6, 6.07) is 14.8. The Hall–Kier alpha value is -2.90. The van der Waals surface area contributed by atoms with Crippen molar-refractivity contribution in [2.24, 2.45) is 28.6 Å². The molecule has 0 heterocycles. The third-order valence-electron chi connectivity index (χ3n) is 6.97. The van der Waals surface area contributed by atoms with Gasteiger partial charge in [-0.3, -0.25) is 0 Å². The van der Waals surface area contributed by atoms with Gasteiger partial charge in [0, 0.05) is 5.92 Å². The minimum atomic E-state index is -1.62. The molecule has 0 aromatic heterocycles. The second-order valence-electron chi connectivity index (χ2n) is 9.42. The predicted molar refractivity (Wildman–Crippen MR) is 113 cm³/mol. The highest BCUT2D eigenvalue weighted by atomic mass is 14.6. The van der Waals surface area contributed by atoms with Crippen LogP contribution in [0, 0.1) is 68.0 Å². The third kappa shape index (κ3) is 3.26. The molecule has 3 rings (SSSR count). The maximum absolute atomic E-state index is 10.0. The quantitative estimate of drug-likeness (QED) is 0.678. The van der Waals surface area contributed by atoms with Gasteiger partial charge >= 0.3 is 0 Å². The molecule has 4 nitrogen and oxygen atoms in total. The summed E-state index contributed by atoms with van der Waals surface area (Å²) in [6.07, 6.45) is 4.60. The molecule has 148 valence electrons. The normalized spacial score (nSPS) is 28.3. The van der Waals surface area contributed by atoms with Crippen LogP contribution >= 0.6 is 0 Å². The van der Waals surface area contributed by atoms with Crippen LogP contribution < -0.4 is 0 Å². The van der Waals surface area contributed by atoms with Crippen LogP contribution in [0.15, 0.2) is 35.9 Å². The lowest BCUT2D eigenvalue weighted by Gasteiger charge is -2.48. The van der Waals surface area contributed by atoms with Crippen molar-refractivity contribution in [3.05, 3.63) is 47.0 Å². The Morgan fingerprint density at radius 3 is 2.21 bits per heavy atom. The van der Waals surface area contributed by atoms with Gasteiger partial charge in [0.25, 0.3) is 0 Å². The van der Waals surface area contributed by atoms with Crippen LogP contribution in [0.1, 0.15) is 57.6 Å². The monoisotopic (exact) mass is 384 g/mol. The maximum Gasteiger partial charge on any atom is 0.203 e. The first-order valence-corrected chi connectivity index (χ1v) is 10.3. The van der Waals surface area contributed by atoms with E-state index < -0.39 is 11.3 Å². The highest BCUT2D eigenvalue weighted by molar-refractivity contribution is 6.01. The van der Waals surface area contributed by atoms with Crippen molar-refractivity contribution >= 4 is 5.71 Å². The Labute approximate surface area is 174 Å². The van der Waals surface area contributed by atoms with Crippen molar-refractivity contribution in [3.8, 4) is 18.2 Å². The van der Waals surface area contributed by atoms with Crippen LogP contribution in [0.5, 0.6) is 0 Å². The molecular weight excluding hydrogens is 356 g/mol. The Kier molecular flexibility index (Phi) is 5.38. The largest absolute Gasteiger partial charge is 0.305 e. The first kappa shape index (κ1) is 20.8. The molecule has 0 radical (unpaired) electrons. The Morgan fingerprint density at radius 1 is 1.10 bits per heavy atom. The summed E-state index contributed by atoms with van der Waals surface area (Å²) >= 11 is 0. The zero-order valence-corrected chi connectivity index (χ0v) is 17.7. The zero-order chi connectivity index (χ0) is 21.4. The highest BCUT2D eigenvalue weighted by Crippen LogP contribution is 2.56. The maximum atomic E-state index is 10.0. The lowest BCUT2D eigenvalue weighted by Crippen LogP contribution is -2.49. The predicted octanol–water partition coefficient (Wildman–Crippen LogP) is 5.54. The number of rotatable bonds is 2. The van der Waals surface area contributed by atoms with Gasteiger partial charge < -0.3 is 5.41 Å². The standard InChI is InChI=1S/C25H28N4/c1-5-16-6-8-17(9-7-16)22-19-12-18(24(2,3)4)10-11-21(19)25(14-27,15-28)23(29)20(22)13-26/h6-9,11,18-20,22,29H,5,10,12H2,1-4H3/t18-,19+,20?,22-/m1/s1. The minimum Gasteiger partial charge on any atom is -0.305 e. The fraction of sp³-hybridized carbons (Fsp3) is 0.520. The Balaban J connectivity index is 2.20. The molecule has 1 unspecified atom stereocenters. The van der Waals surface area contributed by atoms with Crippen molar-refractivity contribution in [3.63, 3.8) is 0 Å². The lowest BCUT2D eigenvalue weighted by molar-refractivity contribution is 0.171. The van der Waals surface area contributed by atoms with E-state index in [2.05, 4.69) is 70.2 Å². The van der Waals surface area contributed by atoms with Gasteiger partial charge in [-0.2, -0.15) is 15.8 Å². The SMILES string of the molecule is CCc1ccc([C@H]2C(C#N)C(=N)C(C#N)(C#N)C3=CC[C@@H](C(C)(C)C)C[C@@H]32)cc1. The third-order valence-corrected chi connectivity index (χ3v) is 6.97. The summed E-state index contributed by atoms with van der Waals surface area (Å²) in [5.41, 5.74) is 1.40. The molecule has 0 spiro atoms. The van der Waals surface area contributed by atoms with E-state index in [1.165, 1.54) is 5.56 Å². The molecule has 1 N–H and O–H groups in total. The van der Waals surface area contributed by atoms with E-state index in [-0.39, 0.29) is 23.0 Å². The van der Waals surface area contributed by atoms with Gasteiger partial charge in [0.2, 0.25) is 5.41 Å². The summed E-state index contributed by atoms with van der Waals surface area (Å²) in [6.45, 7) is 8.76. The van der Waals surface area contributed by atoms with Gasteiger partial charge in [0.15, 0.2) is 0 Å². The number of hydrogen-bond acceptors (Lipinski definition) is 4. The molecule has 4 atom stereocenters. The number of hydrogen-bond donors (Lipinski definition) is 1. The number of benzene rings is 1. The molecule has 1 aromatic rings. The Bertz CT molecular complexity index is 943. The fourth-order valence-corrected chi connectivity index (χ4v) is 5.05. The van der Waals surface area contributed by atoms with E-state index in [0.29, 0.717) is 5.92 Å². The molecule has 2 aliphatic carbocycles. The van der Waals surface area contributed by atoms with Crippen molar-refractivity contribution in [2.45, 2.75) is 52.9 Å². The summed E-state index contributed by atoms with van der Waals surface area (Å²) in [5, 5.41) is 38.6. The number of nitrogens with zero attached hydrogens (tertiary/aromatic N) is 3. The van der Waals surface area contributed by atoms with Crippen molar-refractivity contribution < 1.29 is 0 Å². The smallest absolute Gasteiger partial charge is 0.203 e. The molecule has 0 bridgehead atoms. The topological polar surface area (TPSA) is 95.2 Å². The number of aryl methyl sites for hydroxylation is 1. The van der Waals surface area contributed by atoms with Gasteiger partial charge in [-0.1, -0.05) is 58.0 Å². The fourth-order valence-electron chi connectivity index (χ4n) is 5.05. The average Bonchev–Trinajstić information content (AvgIpc) is 2.72. The molecule has 29 heavy (non-hydrogen) atoms. The van der Waals surface area contributed by atoms with E-state index in [9.17, 15) is 15.8 Å². The molecule has 0 aliphatic heterocycles. The van der Waals surface area contributed by atoms with Gasteiger partial charge in [-0.25, -0.2) is 0 Å². The van der Waals surface area contributed by atoms with Crippen LogP contribution in [0.2, 0.25) is 0 Å². The van der Waals surface area contributed by atoms with Gasteiger partial charge in [-0.15, -0.1) is 0 Å². The van der Waals surface area contributed by atoms with Crippen LogP contribution in [0.25, 0.3) is 0 Å². The molecule has 1 saturated carbocycles. The molecule has 0 saturated heterocycles. The first-order chi connectivity index (χ1) is 13.7. The van der Waals surface area contributed by atoms with Crippen LogP contribution in [-0.2, 0) is 6.42 Å².